The molecule has 3 nitrogen and oxygen atoms in total. The predicted molar refractivity (Wildman–Crippen MR) is 59.5 cm³/mol. The highest BCUT2D eigenvalue weighted by Crippen LogP contribution is 2.23. The SMILES string of the molecule is CCCSCc1cccc([N+](=O)[O-])c1F. The fourth-order valence-electron chi connectivity index (χ4n) is 1.15. The minimum atomic E-state index is -0.703. The fraction of sp³-hybridized carbons (Fsp3) is 0.400. The molecule has 0 atom stereocenters. The Labute approximate surface area is 91.8 Å². The molecule has 0 saturated carbocycles. The van der Waals surface area contributed by atoms with Gasteiger partial charge >= 0.3 is 5.69 Å². The summed E-state index contributed by atoms with van der Waals surface area (Å²) in [7, 11) is 0. The summed E-state index contributed by atoms with van der Waals surface area (Å²) >= 11 is 1.58. The molecule has 0 heterocycles. The molecule has 0 aromatic heterocycles. The Morgan fingerprint density at radius 3 is 2.87 bits per heavy atom. The Kier molecular flexibility index (Phi) is 4.55. The van der Waals surface area contributed by atoms with Crippen LogP contribution >= 0.6 is 11.8 Å². The molecule has 15 heavy (non-hydrogen) atoms. The summed E-state index contributed by atoms with van der Waals surface area (Å²) in [5.74, 6) is 0.717. The Balaban J connectivity index is 2.80. The monoisotopic (exact) mass is 229 g/mol. The maximum absolute atomic E-state index is 13.5. The number of hydrogen-bond acceptors (Lipinski definition) is 3. The van der Waals surface area contributed by atoms with Gasteiger partial charge in [-0.25, -0.2) is 0 Å². The van der Waals surface area contributed by atoms with E-state index in [2.05, 4.69) is 0 Å². The standard InChI is InChI=1S/C10H12FNO2S/c1-2-6-15-7-8-4-3-5-9(10(8)11)12(13)14/h3-5H,2,6-7H2,1H3. The maximum Gasteiger partial charge on any atom is 0.305 e. The molecule has 5 heteroatoms. The zero-order valence-electron chi connectivity index (χ0n) is 8.40. The molecule has 82 valence electrons. The number of halogens is 1. The first kappa shape index (κ1) is 12.0. The third-order valence-corrected chi connectivity index (χ3v) is 3.07. The van der Waals surface area contributed by atoms with E-state index in [4.69, 9.17) is 0 Å². The number of rotatable bonds is 5. The van der Waals surface area contributed by atoms with Crippen LogP contribution in [0, 0.1) is 15.9 Å². The average molecular weight is 229 g/mol. The average Bonchev–Trinajstić information content (AvgIpc) is 2.20. The van der Waals surface area contributed by atoms with E-state index in [9.17, 15) is 14.5 Å². The van der Waals surface area contributed by atoms with Crippen molar-refractivity contribution in [3.63, 3.8) is 0 Å². The lowest BCUT2D eigenvalue weighted by Gasteiger charge is -2.02. The first-order chi connectivity index (χ1) is 7.16. The molecular formula is C10H12FNO2S. The quantitative estimate of drug-likeness (QED) is 0.441. The van der Waals surface area contributed by atoms with Crippen LogP contribution in [0.5, 0.6) is 0 Å². The number of nitro benzene ring substituents is 1. The highest BCUT2D eigenvalue weighted by atomic mass is 32.2. The zero-order valence-corrected chi connectivity index (χ0v) is 9.22. The second kappa shape index (κ2) is 5.70. The molecule has 0 aliphatic rings. The van der Waals surface area contributed by atoms with E-state index in [0.29, 0.717) is 11.3 Å². The predicted octanol–water partition coefficient (Wildman–Crippen LogP) is 3.38. The molecule has 0 N–H and O–H groups in total. The van der Waals surface area contributed by atoms with E-state index < -0.39 is 16.4 Å². The molecule has 0 fully saturated rings. The highest BCUT2D eigenvalue weighted by molar-refractivity contribution is 7.98. The van der Waals surface area contributed by atoms with Gasteiger partial charge in [-0.3, -0.25) is 10.1 Å². The normalized spacial score (nSPS) is 10.3. The Morgan fingerprint density at radius 2 is 2.27 bits per heavy atom. The largest absolute Gasteiger partial charge is 0.305 e. The molecule has 0 spiro atoms. The van der Waals surface area contributed by atoms with Crippen molar-refractivity contribution < 1.29 is 9.31 Å². The van der Waals surface area contributed by atoms with Crippen LogP contribution in [0.2, 0.25) is 0 Å². The lowest BCUT2D eigenvalue weighted by atomic mass is 10.2. The van der Waals surface area contributed by atoms with Gasteiger partial charge in [0.2, 0.25) is 5.82 Å². The highest BCUT2D eigenvalue weighted by Gasteiger charge is 2.16. The van der Waals surface area contributed by atoms with Gasteiger partial charge in [0.25, 0.3) is 0 Å². The van der Waals surface area contributed by atoms with Crippen molar-refractivity contribution in [2.75, 3.05) is 5.75 Å². The Bertz CT molecular complexity index is 357. The van der Waals surface area contributed by atoms with Crippen molar-refractivity contribution in [1.29, 1.82) is 0 Å². The summed E-state index contributed by atoms with van der Waals surface area (Å²) in [6, 6.07) is 4.29. The van der Waals surface area contributed by atoms with Gasteiger partial charge in [-0.15, -0.1) is 0 Å². The number of hydrogen-bond donors (Lipinski definition) is 0. The van der Waals surface area contributed by atoms with E-state index in [1.165, 1.54) is 12.1 Å². The van der Waals surface area contributed by atoms with Gasteiger partial charge in [0, 0.05) is 17.4 Å². The summed E-state index contributed by atoms with van der Waals surface area (Å²) in [5.41, 5.74) is -0.0350. The molecule has 0 saturated heterocycles. The van der Waals surface area contributed by atoms with Crippen molar-refractivity contribution >= 4 is 17.4 Å². The summed E-state index contributed by atoms with van der Waals surface area (Å²) in [6.45, 7) is 2.04. The number of nitrogens with zero attached hydrogens (tertiary/aromatic N) is 1. The Morgan fingerprint density at radius 1 is 1.53 bits per heavy atom. The molecule has 0 bridgehead atoms. The van der Waals surface area contributed by atoms with Crippen molar-refractivity contribution in [2.24, 2.45) is 0 Å². The second-order valence-corrected chi connectivity index (χ2v) is 4.17. The van der Waals surface area contributed by atoms with Crippen LogP contribution in [0.15, 0.2) is 18.2 Å². The van der Waals surface area contributed by atoms with E-state index in [-0.39, 0.29) is 0 Å². The van der Waals surface area contributed by atoms with Crippen LogP contribution in [0.1, 0.15) is 18.9 Å². The number of nitro groups is 1. The van der Waals surface area contributed by atoms with Crippen LogP contribution in [0.4, 0.5) is 10.1 Å². The minimum Gasteiger partial charge on any atom is -0.258 e. The molecule has 1 aromatic carbocycles. The van der Waals surface area contributed by atoms with Crippen LogP contribution in [-0.4, -0.2) is 10.7 Å². The van der Waals surface area contributed by atoms with E-state index in [1.807, 2.05) is 6.92 Å². The van der Waals surface area contributed by atoms with Crippen LogP contribution in [0.25, 0.3) is 0 Å². The molecule has 1 rings (SSSR count). The molecule has 0 aliphatic carbocycles. The summed E-state index contributed by atoms with van der Waals surface area (Å²) in [5, 5.41) is 10.5. The molecule has 0 radical (unpaired) electrons. The smallest absolute Gasteiger partial charge is 0.258 e. The van der Waals surface area contributed by atoms with Gasteiger partial charge in [0.1, 0.15) is 0 Å². The van der Waals surface area contributed by atoms with Gasteiger partial charge in [0.15, 0.2) is 0 Å². The first-order valence-corrected chi connectivity index (χ1v) is 5.81. The molecule has 0 amide bonds. The fourth-order valence-corrected chi connectivity index (χ4v) is 2.02. The zero-order chi connectivity index (χ0) is 11.3. The van der Waals surface area contributed by atoms with Gasteiger partial charge in [-0.1, -0.05) is 19.1 Å². The van der Waals surface area contributed by atoms with Gasteiger partial charge < -0.3 is 0 Å². The summed E-state index contributed by atoms with van der Waals surface area (Å²) in [6.07, 6.45) is 1.02. The first-order valence-electron chi connectivity index (χ1n) is 4.66. The van der Waals surface area contributed by atoms with Gasteiger partial charge in [0.05, 0.1) is 4.92 Å². The molecule has 0 unspecified atom stereocenters. The van der Waals surface area contributed by atoms with Crippen LogP contribution in [-0.2, 0) is 5.75 Å². The number of thioether (sulfide) groups is 1. The Hall–Kier alpha value is -1.10. The topological polar surface area (TPSA) is 43.1 Å². The lowest BCUT2D eigenvalue weighted by molar-refractivity contribution is -0.387. The minimum absolute atomic E-state index is 0.405. The van der Waals surface area contributed by atoms with Crippen LogP contribution < -0.4 is 0 Å². The van der Waals surface area contributed by atoms with Crippen LogP contribution in [0.3, 0.4) is 0 Å². The van der Waals surface area contributed by atoms with Gasteiger partial charge in [-0.05, 0) is 12.2 Å². The van der Waals surface area contributed by atoms with Crippen molar-refractivity contribution in [2.45, 2.75) is 19.1 Å². The third-order valence-electron chi connectivity index (χ3n) is 1.86. The molecular weight excluding hydrogens is 217 g/mol. The van der Waals surface area contributed by atoms with E-state index in [0.717, 1.165) is 12.2 Å². The summed E-state index contributed by atoms with van der Waals surface area (Å²) < 4.78 is 13.5. The number of benzene rings is 1. The summed E-state index contributed by atoms with van der Waals surface area (Å²) in [4.78, 5) is 9.77. The molecule has 0 aliphatic heterocycles. The maximum atomic E-state index is 13.5. The van der Waals surface area contributed by atoms with E-state index >= 15 is 0 Å². The lowest BCUT2D eigenvalue weighted by Crippen LogP contribution is -1.96. The second-order valence-electron chi connectivity index (χ2n) is 3.06. The van der Waals surface area contributed by atoms with E-state index in [1.54, 1.807) is 17.8 Å². The van der Waals surface area contributed by atoms with Crippen molar-refractivity contribution in [3.8, 4) is 0 Å². The third kappa shape index (κ3) is 3.20. The van der Waals surface area contributed by atoms with Crippen molar-refractivity contribution in [1.82, 2.24) is 0 Å². The van der Waals surface area contributed by atoms with Crippen molar-refractivity contribution in [3.05, 3.63) is 39.7 Å². The van der Waals surface area contributed by atoms with Gasteiger partial charge in [-0.2, -0.15) is 16.2 Å². The molecule has 1 aromatic rings.